The Hall–Kier alpha value is -0.970. The Morgan fingerprint density at radius 1 is 1.44 bits per heavy atom. The van der Waals surface area contributed by atoms with E-state index in [2.05, 4.69) is 4.90 Å². The lowest BCUT2D eigenvalue weighted by Gasteiger charge is -2.44. The Labute approximate surface area is 95.0 Å². The van der Waals surface area contributed by atoms with E-state index in [0.29, 0.717) is 13.2 Å². The zero-order valence-electron chi connectivity index (χ0n) is 9.45. The maximum atomic E-state index is 12.9. The van der Waals surface area contributed by atoms with Crippen LogP contribution in [0.25, 0.3) is 0 Å². The molecule has 1 aliphatic heterocycles. The molecule has 4 heteroatoms. The summed E-state index contributed by atoms with van der Waals surface area (Å²) in [6, 6.07) is 6.51. The van der Waals surface area contributed by atoms with E-state index in [-0.39, 0.29) is 11.4 Å². The second-order valence-electron chi connectivity index (χ2n) is 4.22. The minimum Gasteiger partial charge on any atom is -0.378 e. The van der Waals surface area contributed by atoms with E-state index >= 15 is 0 Å². The Kier molecular flexibility index (Phi) is 3.23. The molecular formula is C12H17FN2O. The standard InChI is InChI=1S/C12H17FN2O/c1-15-6-7-16-9-12(15,8-14)10-2-4-11(13)5-3-10/h2-5H,6-9,14H2,1H3. The van der Waals surface area contributed by atoms with E-state index in [1.54, 1.807) is 12.1 Å². The summed E-state index contributed by atoms with van der Waals surface area (Å²) in [7, 11) is 2.03. The minimum atomic E-state index is -0.314. The van der Waals surface area contributed by atoms with Crippen molar-refractivity contribution in [3.63, 3.8) is 0 Å². The predicted octanol–water partition coefficient (Wildman–Crippen LogP) is 0.942. The van der Waals surface area contributed by atoms with Gasteiger partial charge < -0.3 is 10.5 Å². The number of rotatable bonds is 2. The molecule has 88 valence electrons. The number of halogens is 1. The lowest BCUT2D eigenvalue weighted by molar-refractivity contribution is -0.0549. The largest absolute Gasteiger partial charge is 0.378 e. The zero-order valence-corrected chi connectivity index (χ0v) is 9.45. The van der Waals surface area contributed by atoms with Crippen molar-refractivity contribution in [1.82, 2.24) is 4.90 Å². The fraction of sp³-hybridized carbons (Fsp3) is 0.500. The normalized spacial score (nSPS) is 26.9. The predicted molar refractivity (Wildman–Crippen MR) is 60.6 cm³/mol. The SMILES string of the molecule is CN1CCOCC1(CN)c1ccc(F)cc1. The van der Waals surface area contributed by atoms with E-state index in [0.717, 1.165) is 18.7 Å². The molecule has 1 heterocycles. The van der Waals surface area contributed by atoms with E-state index in [4.69, 9.17) is 10.5 Å². The van der Waals surface area contributed by atoms with Crippen LogP contribution in [0, 0.1) is 5.82 Å². The van der Waals surface area contributed by atoms with Crippen molar-refractivity contribution in [1.29, 1.82) is 0 Å². The molecule has 0 spiro atoms. The summed E-state index contributed by atoms with van der Waals surface area (Å²) in [6.07, 6.45) is 0. The molecular weight excluding hydrogens is 207 g/mol. The van der Waals surface area contributed by atoms with Gasteiger partial charge in [0.1, 0.15) is 5.82 Å². The van der Waals surface area contributed by atoms with Crippen LogP contribution >= 0.6 is 0 Å². The molecule has 0 saturated carbocycles. The van der Waals surface area contributed by atoms with Crippen LogP contribution in [0.2, 0.25) is 0 Å². The molecule has 1 atom stereocenters. The molecule has 1 fully saturated rings. The highest BCUT2D eigenvalue weighted by Gasteiger charge is 2.37. The van der Waals surface area contributed by atoms with E-state index in [1.165, 1.54) is 12.1 Å². The zero-order chi connectivity index (χ0) is 11.6. The van der Waals surface area contributed by atoms with E-state index in [1.807, 2.05) is 7.05 Å². The van der Waals surface area contributed by atoms with Gasteiger partial charge in [0, 0.05) is 13.1 Å². The molecule has 16 heavy (non-hydrogen) atoms. The topological polar surface area (TPSA) is 38.5 Å². The fourth-order valence-electron chi connectivity index (χ4n) is 2.16. The molecule has 0 aromatic heterocycles. The highest BCUT2D eigenvalue weighted by molar-refractivity contribution is 5.26. The Morgan fingerprint density at radius 3 is 2.69 bits per heavy atom. The van der Waals surface area contributed by atoms with Gasteiger partial charge in [-0.1, -0.05) is 12.1 Å². The van der Waals surface area contributed by atoms with Crippen molar-refractivity contribution in [2.75, 3.05) is 33.4 Å². The van der Waals surface area contributed by atoms with Crippen LogP contribution in [0.1, 0.15) is 5.56 Å². The number of likely N-dealkylation sites (N-methyl/N-ethyl adjacent to an activating group) is 1. The molecule has 0 radical (unpaired) electrons. The van der Waals surface area contributed by atoms with Crippen molar-refractivity contribution < 1.29 is 9.13 Å². The van der Waals surface area contributed by atoms with Crippen LogP contribution in [0.4, 0.5) is 4.39 Å². The van der Waals surface area contributed by atoms with Crippen LogP contribution < -0.4 is 5.73 Å². The number of hydrogen-bond donors (Lipinski definition) is 1. The summed E-state index contributed by atoms with van der Waals surface area (Å²) >= 11 is 0. The lowest BCUT2D eigenvalue weighted by atomic mass is 9.88. The molecule has 1 saturated heterocycles. The molecule has 0 bridgehead atoms. The molecule has 1 aromatic carbocycles. The van der Waals surface area contributed by atoms with Gasteiger partial charge in [-0.3, -0.25) is 4.90 Å². The maximum Gasteiger partial charge on any atom is 0.123 e. The second-order valence-corrected chi connectivity index (χ2v) is 4.22. The molecule has 0 amide bonds. The van der Waals surface area contributed by atoms with Gasteiger partial charge in [0.2, 0.25) is 0 Å². The molecule has 0 aliphatic carbocycles. The van der Waals surface area contributed by atoms with Crippen molar-refractivity contribution in [3.8, 4) is 0 Å². The maximum absolute atomic E-state index is 12.9. The van der Waals surface area contributed by atoms with Gasteiger partial charge in [0.25, 0.3) is 0 Å². The van der Waals surface area contributed by atoms with Gasteiger partial charge in [-0.05, 0) is 24.7 Å². The van der Waals surface area contributed by atoms with Gasteiger partial charge in [-0.2, -0.15) is 0 Å². The van der Waals surface area contributed by atoms with Crippen molar-refractivity contribution in [2.24, 2.45) is 5.73 Å². The third-order valence-electron chi connectivity index (χ3n) is 3.36. The number of nitrogens with zero attached hydrogens (tertiary/aromatic N) is 1. The first kappa shape index (κ1) is 11.5. The Balaban J connectivity index is 2.36. The van der Waals surface area contributed by atoms with E-state index in [9.17, 15) is 4.39 Å². The number of nitrogens with two attached hydrogens (primary N) is 1. The summed E-state index contributed by atoms with van der Waals surface area (Å²) < 4.78 is 18.4. The van der Waals surface area contributed by atoms with E-state index < -0.39 is 0 Å². The van der Waals surface area contributed by atoms with Crippen LogP contribution in [0.3, 0.4) is 0 Å². The third kappa shape index (κ3) is 1.84. The van der Waals surface area contributed by atoms with Gasteiger partial charge in [0.15, 0.2) is 0 Å². The average molecular weight is 224 g/mol. The van der Waals surface area contributed by atoms with Crippen LogP contribution in [-0.4, -0.2) is 38.3 Å². The van der Waals surface area contributed by atoms with Crippen molar-refractivity contribution in [3.05, 3.63) is 35.6 Å². The van der Waals surface area contributed by atoms with Gasteiger partial charge in [-0.15, -0.1) is 0 Å². The van der Waals surface area contributed by atoms with Crippen LogP contribution in [-0.2, 0) is 10.3 Å². The second kappa shape index (κ2) is 4.49. The van der Waals surface area contributed by atoms with Crippen LogP contribution in [0.15, 0.2) is 24.3 Å². The Morgan fingerprint density at radius 2 is 2.12 bits per heavy atom. The average Bonchev–Trinajstić information content (AvgIpc) is 2.31. The molecule has 1 unspecified atom stereocenters. The number of benzene rings is 1. The number of hydrogen-bond acceptors (Lipinski definition) is 3. The molecule has 2 N–H and O–H groups in total. The molecule has 1 aliphatic rings. The Bertz CT molecular complexity index is 355. The summed E-state index contributed by atoms with van der Waals surface area (Å²) in [6.45, 7) is 2.59. The quantitative estimate of drug-likeness (QED) is 0.812. The lowest BCUT2D eigenvalue weighted by Crippen LogP contribution is -2.56. The summed E-state index contributed by atoms with van der Waals surface area (Å²) in [5.41, 5.74) is 6.58. The molecule has 3 nitrogen and oxygen atoms in total. The minimum absolute atomic E-state index is 0.227. The highest BCUT2D eigenvalue weighted by Crippen LogP contribution is 2.29. The smallest absolute Gasteiger partial charge is 0.123 e. The van der Waals surface area contributed by atoms with Gasteiger partial charge in [0.05, 0.1) is 18.8 Å². The first-order valence-electron chi connectivity index (χ1n) is 5.44. The summed E-state index contributed by atoms with van der Waals surface area (Å²) in [5, 5.41) is 0. The monoisotopic (exact) mass is 224 g/mol. The van der Waals surface area contributed by atoms with Crippen LogP contribution in [0.5, 0.6) is 0 Å². The summed E-state index contributed by atoms with van der Waals surface area (Å²) in [4.78, 5) is 2.18. The summed E-state index contributed by atoms with van der Waals surface area (Å²) in [5.74, 6) is -0.227. The number of morpholine rings is 1. The van der Waals surface area contributed by atoms with Gasteiger partial charge in [-0.25, -0.2) is 4.39 Å². The molecule has 2 rings (SSSR count). The highest BCUT2D eigenvalue weighted by atomic mass is 19.1. The number of ether oxygens (including phenoxy) is 1. The van der Waals surface area contributed by atoms with Gasteiger partial charge >= 0.3 is 0 Å². The first-order chi connectivity index (χ1) is 7.69. The fourth-order valence-corrected chi connectivity index (χ4v) is 2.16. The third-order valence-corrected chi connectivity index (χ3v) is 3.36. The first-order valence-corrected chi connectivity index (χ1v) is 5.44. The van der Waals surface area contributed by atoms with Crippen molar-refractivity contribution in [2.45, 2.75) is 5.54 Å². The van der Waals surface area contributed by atoms with Crippen molar-refractivity contribution >= 4 is 0 Å². The molecule has 1 aromatic rings.